The van der Waals surface area contributed by atoms with E-state index in [1.54, 1.807) is 43.5 Å². The zero-order valence-corrected chi connectivity index (χ0v) is 20.3. The SMILES string of the molecule is CCOC(=O)c1ccccc1NC(=O)COc1cc(CSc2nc(C)cc(C)n2)ncc1OC. The quantitative estimate of drug-likeness (QED) is 0.260. The summed E-state index contributed by atoms with van der Waals surface area (Å²) in [5.41, 5.74) is 3.14. The number of amides is 1. The molecule has 2 heterocycles. The lowest BCUT2D eigenvalue weighted by Crippen LogP contribution is -2.22. The number of nitrogens with one attached hydrogen (secondary N) is 1. The molecule has 1 aromatic carbocycles. The molecule has 0 aliphatic rings. The number of aromatic nitrogens is 3. The van der Waals surface area contributed by atoms with Crippen molar-refractivity contribution in [3.8, 4) is 11.5 Å². The van der Waals surface area contributed by atoms with E-state index in [4.69, 9.17) is 14.2 Å². The van der Waals surface area contributed by atoms with Gasteiger partial charge in [-0.25, -0.2) is 14.8 Å². The first-order chi connectivity index (χ1) is 16.4. The third-order valence-electron chi connectivity index (χ3n) is 4.47. The minimum absolute atomic E-state index is 0.238. The molecule has 0 aliphatic heterocycles. The van der Waals surface area contributed by atoms with Gasteiger partial charge in [0.2, 0.25) is 0 Å². The Morgan fingerprint density at radius 3 is 2.50 bits per heavy atom. The van der Waals surface area contributed by atoms with Crippen molar-refractivity contribution in [2.45, 2.75) is 31.7 Å². The van der Waals surface area contributed by atoms with Crippen LogP contribution in [0.5, 0.6) is 11.5 Å². The number of esters is 1. The molecule has 0 saturated heterocycles. The molecule has 0 atom stereocenters. The van der Waals surface area contributed by atoms with E-state index in [0.29, 0.717) is 28.1 Å². The monoisotopic (exact) mass is 482 g/mol. The normalized spacial score (nSPS) is 10.5. The largest absolute Gasteiger partial charge is 0.491 e. The van der Waals surface area contributed by atoms with Crippen LogP contribution in [0.1, 0.15) is 34.4 Å². The molecule has 1 N–H and O–H groups in total. The molecule has 0 saturated carbocycles. The van der Waals surface area contributed by atoms with Gasteiger partial charge in [-0.3, -0.25) is 9.78 Å². The summed E-state index contributed by atoms with van der Waals surface area (Å²) in [4.78, 5) is 37.8. The molecule has 3 rings (SSSR count). The van der Waals surface area contributed by atoms with Gasteiger partial charge in [-0.15, -0.1) is 0 Å². The fourth-order valence-electron chi connectivity index (χ4n) is 3.02. The molecule has 0 spiro atoms. The van der Waals surface area contributed by atoms with Crippen molar-refractivity contribution in [3.05, 3.63) is 65.2 Å². The second-order valence-electron chi connectivity index (χ2n) is 7.15. The Bertz CT molecular complexity index is 1150. The third-order valence-corrected chi connectivity index (χ3v) is 5.36. The fraction of sp³-hybridized carbons (Fsp3) is 0.292. The van der Waals surface area contributed by atoms with Crippen molar-refractivity contribution >= 4 is 29.3 Å². The van der Waals surface area contributed by atoms with Crippen LogP contribution in [0.3, 0.4) is 0 Å². The van der Waals surface area contributed by atoms with Crippen molar-refractivity contribution in [1.82, 2.24) is 15.0 Å². The molecule has 3 aromatic rings. The number of benzene rings is 1. The maximum Gasteiger partial charge on any atom is 0.340 e. The second-order valence-corrected chi connectivity index (χ2v) is 8.09. The van der Waals surface area contributed by atoms with Gasteiger partial charge >= 0.3 is 5.97 Å². The summed E-state index contributed by atoms with van der Waals surface area (Å²) >= 11 is 1.45. The number of anilines is 1. The standard InChI is InChI=1S/C24H26N4O5S/c1-5-32-23(30)18-8-6-7-9-19(18)28-22(29)13-33-20-11-17(25-12-21(20)31-4)14-34-24-26-15(2)10-16(3)27-24/h6-12H,5,13-14H2,1-4H3,(H,28,29). The predicted molar refractivity (Wildman–Crippen MR) is 128 cm³/mol. The Labute approximate surface area is 202 Å². The van der Waals surface area contributed by atoms with Gasteiger partial charge in [-0.2, -0.15) is 0 Å². The molecule has 34 heavy (non-hydrogen) atoms. The van der Waals surface area contributed by atoms with Crippen LogP contribution < -0.4 is 14.8 Å². The zero-order chi connectivity index (χ0) is 24.5. The Hall–Kier alpha value is -3.66. The molecular weight excluding hydrogens is 456 g/mol. The van der Waals surface area contributed by atoms with Gasteiger partial charge in [0, 0.05) is 23.2 Å². The van der Waals surface area contributed by atoms with Gasteiger partial charge in [0.25, 0.3) is 5.91 Å². The molecule has 9 nitrogen and oxygen atoms in total. The number of para-hydroxylation sites is 1. The number of thioether (sulfide) groups is 1. The number of aryl methyl sites for hydroxylation is 2. The van der Waals surface area contributed by atoms with E-state index < -0.39 is 11.9 Å². The Balaban J connectivity index is 1.65. The van der Waals surface area contributed by atoms with Gasteiger partial charge in [0.05, 0.1) is 36.9 Å². The van der Waals surface area contributed by atoms with E-state index >= 15 is 0 Å². The first-order valence-electron chi connectivity index (χ1n) is 10.6. The van der Waals surface area contributed by atoms with Crippen LogP contribution in [0, 0.1) is 13.8 Å². The Morgan fingerprint density at radius 2 is 1.79 bits per heavy atom. The van der Waals surface area contributed by atoms with Crippen LogP contribution in [0.2, 0.25) is 0 Å². The number of pyridine rings is 1. The molecule has 0 radical (unpaired) electrons. The van der Waals surface area contributed by atoms with Gasteiger partial charge < -0.3 is 19.5 Å². The minimum atomic E-state index is -0.509. The number of methoxy groups -OCH3 is 1. The topological polar surface area (TPSA) is 113 Å². The molecule has 1 amide bonds. The van der Waals surface area contributed by atoms with Crippen molar-refractivity contribution in [3.63, 3.8) is 0 Å². The van der Waals surface area contributed by atoms with E-state index in [-0.39, 0.29) is 18.8 Å². The number of hydrogen-bond donors (Lipinski definition) is 1. The van der Waals surface area contributed by atoms with E-state index in [0.717, 1.165) is 17.1 Å². The first kappa shape index (κ1) is 25.0. The molecule has 0 fully saturated rings. The van der Waals surface area contributed by atoms with Gasteiger partial charge in [-0.1, -0.05) is 23.9 Å². The molecule has 0 unspecified atom stereocenters. The summed E-state index contributed by atoms with van der Waals surface area (Å²) in [5.74, 6) is 0.349. The number of nitrogens with zero attached hydrogens (tertiary/aromatic N) is 3. The molecule has 2 aromatic heterocycles. The molecule has 0 aliphatic carbocycles. The summed E-state index contributed by atoms with van der Waals surface area (Å²) in [7, 11) is 1.50. The summed E-state index contributed by atoms with van der Waals surface area (Å²) in [6, 6.07) is 10.3. The van der Waals surface area contributed by atoms with Crippen molar-refractivity contribution in [2.24, 2.45) is 0 Å². The van der Waals surface area contributed by atoms with Gasteiger partial charge in [0.1, 0.15) is 0 Å². The average molecular weight is 483 g/mol. The highest BCUT2D eigenvalue weighted by Gasteiger charge is 2.15. The lowest BCUT2D eigenvalue weighted by atomic mass is 10.2. The lowest BCUT2D eigenvalue weighted by molar-refractivity contribution is -0.118. The number of hydrogen-bond acceptors (Lipinski definition) is 9. The molecular formula is C24H26N4O5S. The fourth-order valence-corrected chi connectivity index (χ4v) is 3.87. The van der Waals surface area contributed by atoms with Crippen LogP contribution in [0.15, 0.2) is 47.8 Å². The number of carbonyl (C=O) groups is 2. The van der Waals surface area contributed by atoms with E-state index in [2.05, 4.69) is 20.3 Å². The third kappa shape index (κ3) is 6.92. The van der Waals surface area contributed by atoms with Crippen molar-refractivity contribution in [2.75, 3.05) is 25.6 Å². The van der Waals surface area contributed by atoms with E-state index in [9.17, 15) is 9.59 Å². The van der Waals surface area contributed by atoms with Gasteiger partial charge in [-0.05, 0) is 39.0 Å². The number of carbonyl (C=O) groups excluding carboxylic acids is 2. The minimum Gasteiger partial charge on any atom is -0.491 e. The number of rotatable bonds is 10. The second kappa shape index (κ2) is 12.0. The van der Waals surface area contributed by atoms with E-state index in [1.807, 2.05) is 19.9 Å². The summed E-state index contributed by atoms with van der Waals surface area (Å²) in [5, 5.41) is 3.35. The van der Waals surface area contributed by atoms with Crippen LogP contribution in [-0.4, -0.2) is 47.2 Å². The summed E-state index contributed by atoms with van der Waals surface area (Å²) in [6.07, 6.45) is 1.54. The Morgan fingerprint density at radius 1 is 1.06 bits per heavy atom. The van der Waals surface area contributed by atoms with Crippen LogP contribution >= 0.6 is 11.8 Å². The van der Waals surface area contributed by atoms with Crippen LogP contribution in [0.25, 0.3) is 0 Å². The maximum atomic E-state index is 12.5. The smallest absolute Gasteiger partial charge is 0.340 e. The van der Waals surface area contributed by atoms with E-state index in [1.165, 1.54) is 18.9 Å². The first-order valence-corrected chi connectivity index (χ1v) is 11.5. The van der Waals surface area contributed by atoms with Gasteiger partial charge in [0.15, 0.2) is 23.3 Å². The highest BCUT2D eigenvalue weighted by molar-refractivity contribution is 7.98. The summed E-state index contributed by atoms with van der Waals surface area (Å²) < 4.78 is 16.1. The zero-order valence-electron chi connectivity index (χ0n) is 19.5. The van der Waals surface area contributed by atoms with Crippen molar-refractivity contribution < 1.29 is 23.8 Å². The predicted octanol–water partition coefficient (Wildman–Crippen LogP) is 3.98. The van der Waals surface area contributed by atoms with Crippen LogP contribution in [0.4, 0.5) is 5.69 Å². The average Bonchev–Trinajstić information content (AvgIpc) is 2.81. The lowest BCUT2D eigenvalue weighted by Gasteiger charge is -2.13. The molecule has 178 valence electrons. The molecule has 10 heteroatoms. The molecule has 0 bridgehead atoms. The van der Waals surface area contributed by atoms with Crippen LogP contribution in [-0.2, 0) is 15.3 Å². The highest BCUT2D eigenvalue weighted by atomic mass is 32.2. The highest BCUT2D eigenvalue weighted by Crippen LogP contribution is 2.29. The number of ether oxygens (including phenoxy) is 3. The summed E-state index contributed by atoms with van der Waals surface area (Å²) in [6.45, 7) is 5.52. The van der Waals surface area contributed by atoms with Crippen molar-refractivity contribution in [1.29, 1.82) is 0 Å². The maximum absolute atomic E-state index is 12.5. The Kier molecular flexibility index (Phi) is 8.80.